The maximum atomic E-state index is 15.8. The topological polar surface area (TPSA) is 84.8 Å². The number of alkyl halides is 5. The van der Waals surface area contributed by atoms with Gasteiger partial charge in [0.05, 0.1) is 32.9 Å². The Morgan fingerprint density at radius 3 is 2.35 bits per heavy atom. The lowest BCUT2D eigenvalue weighted by atomic mass is 10.1. The first kappa shape index (κ1) is 28.2. The zero-order valence-electron chi connectivity index (χ0n) is 19.6. The average Bonchev–Trinajstić information content (AvgIpc) is 3.57. The first-order valence-electron chi connectivity index (χ1n) is 11.2. The van der Waals surface area contributed by atoms with Gasteiger partial charge in [0.15, 0.2) is 5.82 Å². The molecule has 1 N–H and O–H groups in total. The van der Waals surface area contributed by atoms with Crippen molar-refractivity contribution in [1.82, 2.24) is 15.0 Å². The van der Waals surface area contributed by atoms with Crippen LogP contribution in [0.4, 0.5) is 36.4 Å². The number of aromatic nitrogens is 3. The number of hydrogen-bond acceptors (Lipinski definition) is 6. The van der Waals surface area contributed by atoms with Crippen molar-refractivity contribution in [3.8, 4) is 21.8 Å². The molecule has 0 spiro atoms. The van der Waals surface area contributed by atoms with Gasteiger partial charge >= 0.3 is 6.18 Å². The molecule has 2 aromatic carbocycles. The number of halogens is 8. The van der Waals surface area contributed by atoms with Crippen LogP contribution in [0, 0.1) is 11.6 Å². The highest BCUT2D eigenvalue weighted by atomic mass is 35.5. The van der Waals surface area contributed by atoms with Crippen LogP contribution in [0.1, 0.15) is 23.4 Å². The fraction of sp³-hybridized carbons (Fsp3) is 0.208. The third kappa shape index (κ3) is 5.01. The summed E-state index contributed by atoms with van der Waals surface area (Å²) in [5.41, 5.74) is -4.58. The van der Waals surface area contributed by atoms with E-state index in [1.165, 1.54) is 18.3 Å². The van der Waals surface area contributed by atoms with Crippen molar-refractivity contribution in [2.45, 2.75) is 35.8 Å². The molecule has 4 aromatic rings. The largest absolute Gasteiger partial charge is 0.417 e. The Bertz CT molecular complexity index is 1720. The number of sulfonamides is 1. The molecule has 0 saturated heterocycles. The Morgan fingerprint density at radius 1 is 1.02 bits per heavy atom. The Hall–Kier alpha value is -3.30. The van der Waals surface area contributed by atoms with Crippen LogP contribution in [0.2, 0.25) is 5.28 Å². The predicted molar refractivity (Wildman–Crippen MR) is 133 cm³/mol. The Labute approximate surface area is 230 Å². The first-order valence-corrected chi connectivity index (χ1v) is 13.9. The molecule has 2 heterocycles. The minimum atomic E-state index is -5.31. The van der Waals surface area contributed by atoms with Gasteiger partial charge in [0.2, 0.25) is 11.7 Å². The standard InChI is InChI=1S/C24H14ClF7N4O2S2/c25-22-33-10-7-15(34-22)18-17(35-21(39-18)23(8-9-23)20(28)29)11-3-1-6-14(16(11)27)36-40(37,38)19-12(24(30,31)32)4-2-5-13(19)26/h1-7,10,20,36H,8-9H2. The Kier molecular flexibility index (Phi) is 7.03. The predicted octanol–water partition coefficient (Wildman–Crippen LogP) is 7.32. The summed E-state index contributed by atoms with van der Waals surface area (Å²) in [6.45, 7) is 0. The number of rotatable bonds is 7. The number of benzene rings is 2. The van der Waals surface area contributed by atoms with Crippen molar-refractivity contribution in [2.75, 3.05) is 4.72 Å². The summed E-state index contributed by atoms with van der Waals surface area (Å²) in [7, 11) is -5.31. The lowest BCUT2D eigenvalue weighted by molar-refractivity contribution is -0.140. The number of hydrogen-bond donors (Lipinski definition) is 1. The third-order valence-electron chi connectivity index (χ3n) is 6.16. The molecule has 0 amide bonds. The normalized spacial score (nSPS) is 14.9. The summed E-state index contributed by atoms with van der Waals surface area (Å²) >= 11 is 6.70. The molecule has 40 heavy (non-hydrogen) atoms. The SMILES string of the molecule is O=S(=O)(Nc1cccc(-c2nc(C3(C(F)F)CC3)sc2-c2ccnc(Cl)n2)c1F)c1c(F)cccc1C(F)(F)F. The minimum absolute atomic E-state index is 0.00575. The van der Waals surface area contributed by atoms with Crippen LogP contribution >= 0.6 is 22.9 Å². The van der Waals surface area contributed by atoms with Gasteiger partial charge in [0.1, 0.15) is 15.7 Å². The van der Waals surface area contributed by atoms with Gasteiger partial charge in [-0.15, -0.1) is 11.3 Å². The van der Waals surface area contributed by atoms with Gasteiger partial charge in [0, 0.05) is 11.8 Å². The third-order valence-corrected chi connectivity index (χ3v) is 9.08. The van der Waals surface area contributed by atoms with E-state index in [0.29, 0.717) is 18.2 Å². The molecule has 2 aromatic heterocycles. The molecule has 6 nitrogen and oxygen atoms in total. The summed E-state index contributed by atoms with van der Waals surface area (Å²) in [4.78, 5) is 10.5. The van der Waals surface area contributed by atoms with Crippen LogP contribution in [0.25, 0.3) is 21.8 Å². The molecule has 210 valence electrons. The molecule has 0 unspecified atom stereocenters. The summed E-state index contributed by atoms with van der Waals surface area (Å²) in [6.07, 6.45) is -6.45. The monoisotopic (exact) mass is 622 g/mol. The summed E-state index contributed by atoms with van der Waals surface area (Å²) in [5, 5.41) is -0.200. The van der Waals surface area contributed by atoms with Gasteiger partial charge in [0.25, 0.3) is 10.0 Å². The van der Waals surface area contributed by atoms with Crippen LogP contribution in [-0.4, -0.2) is 29.8 Å². The van der Waals surface area contributed by atoms with E-state index in [4.69, 9.17) is 11.6 Å². The van der Waals surface area contributed by atoms with Gasteiger partial charge < -0.3 is 0 Å². The average molecular weight is 623 g/mol. The van der Waals surface area contributed by atoms with Crippen LogP contribution in [0.15, 0.2) is 53.6 Å². The highest BCUT2D eigenvalue weighted by Gasteiger charge is 2.55. The van der Waals surface area contributed by atoms with E-state index in [1.807, 2.05) is 0 Å². The van der Waals surface area contributed by atoms with E-state index in [9.17, 15) is 34.8 Å². The molecule has 1 aliphatic carbocycles. The fourth-order valence-corrected chi connectivity index (χ4v) is 6.80. The highest BCUT2D eigenvalue weighted by Crippen LogP contribution is 2.56. The van der Waals surface area contributed by atoms with Gasteiger partial charge in [-0.1, -0.05) is 12.1 Å². The van der Waals surface area contributed by atoms with E-state index in [2.05, 4.69) is 15.0 Å². The van der Waals surface area contributed by atoms with E-state index in [0.717, 1.165) is 23.5 Å². The van der Waals surface area contributed by atoms with E-state index < -0.39 is 55.8 Å². The van der Waals surface area contributed by atoms with Crippen LogP contribution < -0.4 is 4.72 Å². The lowest BCUT2D eigenvalue weighted by Crippen LogP contribution is -2.21. The second-order valence-electron chi connectivity index (χ2n) is 8.75. The molecule has 0 aliphatic heterocycles. The lowest BCUT2D eigenvalue weighted by Gasteiger charge is -2.16. The Balaban J connectivity index is 1.63. The maximum absolute atomic E-state index is 15.8. The van der Waals surface area contributed by atoms with E-state index in [1.54, 1.807) is 4.72 Å². The smallest absolute Gasteiger partial charge is 0.277 e. The van der Waals surface area contributed by atoms with Crippen molar-refractivity contribution in [2.24, 2.45) is 0 Å². The second kappa shape index (κ2) is 9.96. The van der Waals surface area contributed by atoms with Gasteiger partial charge in [-0.2, -0.15) is 13.2 Å². The van der Waals surface area contributed by atoms with Crippen LogP contribution in [-0.2, 0) is 21.6 Å². The molecule has 5 rings (SSSR count). The van der Waals surface area contributed by atoms with Gasteiger partial charge in [-0.3, -0.25) is 4.72 Å². The van der Waals surface area contributed by atoms with E-state index in [-0.39, 0.29) is 45.0 Å². The Morgan fingerprint density at radius 2 is 1.73 bits per heavy atom. The van der Waals surface area contributed by atoms with Crippen molar-refractivity contribution in [3.63, 3.8) is 0 Å². The van der Waals surface area contributed by atoms with Gasteiger partial charge in [-0.05, 0) is 54.8 Å². The first-order chi connectivity index (χ1) is 18.7. The number of thiazole rings is 1. The fourth-order valence-electron chi connectivity index (χ4n) is 4.01. The number of anilines is 1. The minimum Gasteiger partial charge on any atom is -0.277 e. The van der Waals surface area contributed by atoms with Crippen LogP contribution in [0.5, 0.6) is 0 Å². The molecule has 0 bridgehead atoms. The van der Waals surface area contributed by atoms with E-state index >= 15 is 4.39 Å². The molecule has 1 saturated carbocycles. The molecule has 1 aliphatic rings. The number of nitrogens with zero attached hydrogens (tertiary/aromatic N) is 3. The van der Waals surface area contributed by atoms with Crippen molar-refractivity contribution in [3.05, 3.63) is 76.2 Å². The molecule has 16 heteroatoms. The quantitative estimate of drug-likeness (QED) is 0.173. The molecule has 0 radical (unpaired) electrons. The zero-order chi connectivity index (χ0) is 29.0. The molecule has 0 atom stereocenters. The summed E-state index contributed by atoms with van der Waals surface area (Å²) < 4.78 is 126. The highest BCUT2D eigenvalue weighted by molar-refractivity contribution is 7.92. The summed E-state index contributed by atoms with van der Waals surface area (Å²) in [5.74, 6) is -3.00. The molecule has 1 fully saturated rings. The van der Waals surface area contributed by atoms with Crippen molar-refractivity contribution in [1.29, 1.82) is 0 Å². The van der Waals surface area contributed by atoms with Gasteiger partial charge in [-0.25, -0.2) is 40.9 Å². The maximum Gasteiger partial charge on any atom is 0.417 e. The second-order valence-corrected chi connectivity index (χ2v) is 11.7. The summed E-state index contributed by atoms with van der Waals surface area (Å²) in [6, 6.07) is 6.20. The number of nitrogens with one attached hydrogen (secondary N) is 1. The van der Waals surface area contributed by atoms with Crippen LogP contribution in [0.3, 0.4) is 0 Å². The zero-order valence-corrected chi connectivity index (χ0v) is 22.0. The molecular weight excluding hydrogens is 609 g/mol. The molecular formula is C24H14ClF7N4O2S2. The van der Waals surface area contributed by atoms with Crippen molar-refractivity contribution >= 4 is 38.6 Å². The van der Waals surface area contributed by atoms with Crippen molar-refractivity contribution < 1.29 is 39.2 Å².